The summed E-state index contributed by atoms with van der Waals surface area (Å²) >= 11 is 0. The lowest BCUT2D eigenvalue weighted by molar-refractivity contribution is -0.141. The summed E-state index contributed by atoms with van der Waals surface area (Å²) in [6.07, 6.45) is 0.773. The number of rotatable bonds is 36. The zero-order valence-corrected chi connectivity index (χ0v) is 30.9. The van der Waals surface area contributed by atoms with Crippen LogP contribution in [0.5, 0.6) is 0 Å². The number of amides is 2. The zero-order valence-electron chi connectivity index (χ0n) is 30.9. The van der Waals surface area contributed by atoms with Crippen molar-refractivity contribution in [3.63, 3.8) is 0 Å². The van der Waals surface area contributed by atoms with Crippen LogP contribution in [0, 0.1) is 0 Å². The minimum Gasteiger partial charge on any atom is -0.480 e. The lowest BCUT2D eigenvalue weighted by Gasteiger charge is -2.18. The number of anilines is 2. The molecule has 0 saturated carbocycles. The van der Waals surface area contributed by atoms with E-state index in [1.807, 2.05) is 0 Å². The Morgan fingerprint density at radius 2 is 0.815 bits per heavy atom. The van der Waals surface area contributed by atoms with Gasteiger partial charge < -0.3 is 79.6 Å². The molecule has 22 nitrogen and oxygen atoms in total. The number of aliphatic carboxylic acids is 2. The predicted molar refractivity (Wildman–Crippen MR) is 189 cm³/mol. The maximum absolute atomic E-state index is 13.2. The van der Waals surface area contributed by atoms with Gasteiger partial charge in [-0.15, -0.1) is 0 Å². The fraction of sp³-hybridized carbons (Fsp3) is 0.750. The van der Waals surface area contributed by atoms with Crippen LogP contribution in [0.1, 0.15) is 33.8 Å². The van der Waals surface area contributed by atoms with Crippen LogP contribution in [0.3, 0.4) is 0 Å². The summed E-state index contributed by atoms with van der Waals surface area (Å²) in [7, 11) is 3.16. The van der Waals surface area contributed by atoms with Crippen LogP contribution in [0.2, 0.25) is 0 Å². The minimum absolute atomic E-state index is 0.148. The largest absolute Gasteiger partial charge is 0.480 e. The van der Waals surface area contributed by atoms with Crippen LogP contribution in [-0.4, -0.2) is 199 Å². The maximum Gasteiger partial charge on any atom is 0.328 e. The van der Waals surface area contributed by atoms with Gasteiger partial charge in [-0.1, -0.05) is 0 Å². The van der Waals surface area contributed by atoms with Gasteiger partial charge in [-0.05, 0) is 12.8 Å². The number of methoxy groups -OCH3 is 2. The number of carboxylic acid groups (broad SMARTS) is 2. The molecule has 0 aromatic carbocycles. The van der Waals surface area contributed by atoms with Gasteiger partial charge in [0.15, 0.2) is 35.1 Å². The average molecular weight is 781 g/mol. The van der Waals surface area contributed by atoms with Crippen molar-refractivity contribution in [2.24, 2.45) is 0 Å². The number of ether oxygens (including phenoxy) is 8. The number of carbonyl (C=O) groups is 4. The molecule has 0 spiro atoms. The molecule has 2 amide bonds. The molecular weight excluding hydrogens is 724 g/mol. The summed E-state index contributed by atoms with van der Waals surface area (Å²) in [5.74, 6) is -5.57. The minimum atomic E-state index is -1.68. The smallest absolute Gasteiger partial charge is 0.328 e. The van der Waals surface area contributed by atoms with Crippen LogP contribution < -0.4 is 21.3 Å². The number of hydrogen-bond donors (Lipinski definition) is 8. The van der Waals surface area contributed by atoms with Crippen molar-refractivity contribution in [3.05, 3.63) is 11.4 Å². The number of nitrogens with zero attached hydrogens (tertiary/aromatic N) is 2. The van der Waals surface area contributed by atoms with Crippen molar-refractivity contribution in [2.75, 3.05) is 144 Å². The van der Waals surface area contributed by atoms with E-state index in [9.17, 15) is 39.6 Å². The van der Waals surface area contributed by atoms with Crippen LogP contribution >= 0.6 is 0 Å². The Kier molecular flexibility index (Phi) is 28.1. The van der Waals surface area contributed by atoms with Gasteiger partial charge in [0.05, 0.1) is 92.5 Å². The number of aliphatic hydroxyl groups excluding tert-OH is 2. The molecule has 1 heterocycles. The van der Waals surface area contributed by atoms with Crippen molar-refractivity contribution < 1.29 is 77.5 Å². The van der Waals surface area contributed by atoms with Crippen LogP contribution in [-0.2, 0) is 47.5 Å². The highest BCUT2D eigenvalue weighted by Crippen LogP contribution is 2.19. The molecule has 1 rings (SSSR count). The second-order valence-corrected chi connectivity index (χ2v) is 10.9. The third-order valence-corrected chi connectivity index (χ3v) is 6.77. The molecule has 0 fully saturated rings. The highest BCUT2D eigenvalue weighted by Gasteiger charge is 2.28. The van der Waals surface area contributed by atoms with E-state index in [0.717, 1.165) is 0 Å². The molecule has 0 aliphatic rings. The van der Waals surface area contributed by atoms with Crippen molar-refractivity contribution in [2.45, 2.75) is 24.9 Å². The highest BCUT2D eigenvalue weighted by molar-refractivity contribution is 6.03. The Balaban J connectivity index is 2.96. The molecule has 0 saturated heterocycles. The molecule has 1 aromatic rings. The number of aliphatic hydroxyl groups is 2. The topological polar surface area (TPSA) is 297 Å². The van der Waals surface area contributed by atoms with Gasteiger partial charge in [0.2, 0.25) is 0 Å². The summed E-state index contributed by atoms with van der Waals surface area (Å²) in [5, 5.41) is 47.7. The van der Waals surface area contributed by atoms with E-state index in [-0.39, 0.29) is 37.9 Å². The number of nitrogens with one attached hydrogen (secondary N) is 4. The molecule has 1 aromatic heterocycles. The molecule has 310 valence electrons. The molecular formula is C32H56N6O16. The van der Waals surface area contributed by atoms with E-state index >= 15 is 0 Å². The van der Waals surface area contributed by atoms with E-state index < -0.39 is 60.4 Å². The van der Waals surface area contributed by atoms with Crippen LogP contribution in [0.25, 0.3) is 0 Å². The van der Waals surface area contributed by atoms with Crippen molar-refractivity contribution in [1.82, 2.24) is 20.6 Å². The van der Waals surface area contributed by atoms with Gasteiger partial charge in [0.1, 0.15) is 0 Å². The molecule has 8 N–H and O–H groups in total. The Hall–Kier alpha value is -3.84. The Morgan fingerprint density at radius 3 is 1.09 bits per heavy atom. The quantitative estimate of drug-likeness (QED) is 0.0336. The molecule has 22 heteroatoms. The average Bonchev–Trinajstić information content (AvgIpc) is 3.16. The second-order valence-electron chi connectivity index (χ2n) is 10.9. The van der Waals surface area contributed by atoms with Gasteiger partial charge in [-0.25, -0.2) is 19.6 Å². The molecule has 0 unspecified atom stereocenters. The van der Waals surface area contributed by atoms with E-state index in [1.165, 1.54) is 0 Å². The van der Waals surface area contributed by atoms with Gasteiger partial charge in [0.25, 0.3) is 11.8 Å². The van der Waals surface area contributed by atoms with Gasteiger partial charge in [-0.2, -0.15) is 0 Å². The van der Waals surface area contributed by atoms with Crippen LogP contribution in [0.15, 0.2) is 0 Å². The summed E-state index contributed by atoms with van der Waals surface area (Å²) < 4.78 is 42.3. The number of carboxylic acids is 2. The molecule has 0 radical (unpaired) electrons. The van der Waals surface area contributed by atoms with Gasteiger partial charge in [-0.3, -0.25) is 9.59 Å². The normalized spacial score (nSPS) is 12.2. The fourth-order valence-electron chi connectivity index (χ4n) is 3.95. The fourth-order valence-corrected chi connectivity index (χ4v) is 3.95. The number of carbonyl (C=O) groups excluding carboxylic acids is 2. The monoisotopic (exact) mass is 780 g/mol. The number of hydrogen-bond acceptors (Lipinski definition) is 18. The summed E-state index contributed by atoms with van der Waals surface area (Å²) in [5.41, 5.74) is -0.848. The van der Waals surface area contributed by atoms with Crippen LogP contribution in [0.4, 0.5) is 11.6 Å². The van der Waals surface area contributed by atoms with E-state index in [4.69, 9.17) is 37.9 Å². The molecule has 0 bridgehead atoms. The highest BCUT2D eigenvalue weighted by atomic mass is 16.6. The first kappa shape index (κ1) is 48.2. The van der Waals surface area contributed by atoms with Crippen molar-refractivity contribution >= 4 is 35.4 Å². The number of aromatic nitrogens is 2. The van der Waals surface area contributed by atoms with E-state index in [2.05, 4.69) is 31.2 Å². The first-order valence-corrected chi connectivity index (χ1v) is 17.3. The summed E-state index contributed by atoms with van der Waals surface area (Å²) in [6.45, 7) is 3.78. The molecule has 2 atom stereocenters. The van der Waals surface area contributed by atoms with Gasteiger partial charge in [0, 0.05) is 40.5 Å². The van der Waals surface area contributed by atoms with Gasteiger partial charge >= 0.3 is 11.9 Å². The predicted octanol–water partition coefficient (Wildman–Crippen LogP) is -2.18. The lowest BCUT2D eigenvalue weighted by atomic mass is 10.2. The van der Waals surface area contributed by atoms with E-state index in [0.29, 0.717) is 92.1 Å². The third-order valence-electron chi connectivity index (χ3n) is 6.77. The second kappa shape index (κ2) is 31.5. The Bertz CT molecular complexity index is 1110. The van der Waals surface area contributed by atoms with E-state index in [1.54, 1.807) is 14.2 Å². The SMILES string of the molecule is COCCOCCOCCOCCCNc1nc(C(=O)N[C@H](CO)C(=O)O)c(NCCCOCCOCCOCCOC)nc1C(=O)N[C@H](CO)C(=O)O. The Morgan fingerprint density at radius 1 is 0.519 bits per heavy atom. The first-order chi connectivity index (χ1) is 26.2. The first-order valence-electron chi connectivity index (χ1n) is 17.3. The summed E-state index contributed by atoms with van der Waals surface area (Å²) in [4.78, 5) is 58.0. The Labute approximate surface area is 313 Å². The molecule has 0 aliphatic carbocycles. The third kappa shape index (κ3) is 21.8. The molecule has 54 heavy (non-hydrogen) atoms. The standard InChI is InChI=1S/C32H56N6O16/c1-47-9-11-51-17-19-53-15-13-49-7-3-5-33-27-25(29(41)35-23(21-39)31(43)44)38-28(26(37-27)30(42)36-24(22-40)32(45)46)34-6-4-8-50-14-16-54-20-18-52-12-10-48-2/h23-24,39-40H,3-22H2,1-2H3,(H,33,37)(H,34,38)(H,35,41)(H,36,42)(H,43,44)(H,45,46)/t23-,24-/m1/s1. The maximum atomic E-state index is 13.2. The molecule has 0 aliphatic heterocycles. The zero-order chi connectivity index (χ0) is 39.8. The lowest BCUT2D eigenvalue weighted by Crippen LogP contribution is -2.45. The van der Waals surface area contributed by atoms with Crippen molar-refractivity contribution in [3.8, 4) is 0 Å². The van der Waals surface area contributed by atoms with Crippen molar-refractivity contribution in [1.29, 1.82) is 0 Å². The summed E-state index contributed by atoms with van der Waals surface area (Å²) in [6, 6.07) is -3.35.